The van der Waals surface area contributed by atoms with Gasteiger partial charge in [-0.3, -0.25) is 9.78 Å². The fraction of sp³-hybridized carbons (Fsp3) is 0.333. The molecule has 1 fully saturated rings. The first-order valence-electron chi connectivity index (χ1n) is 10.1. The summed E-state index contributed by atoms with van der Waals surface area (Å²) in [5.41, 5.74) is 8.23. The number of ether oxygens (including phenoxy) is 1. The minimum atomic E-state index is -0.276. The van der Waals surface area contributed by atoms with E-state index in [1.807, 2.05) is 30.3 Å². The SMILES string of the molecule is NC1CCCCC1Nc1nc(Nc2ccc3ncccc3c2)c2c(n1)OCNC2=O. The van der Waals surface area contributed by atoms with Crippen LogP contribution in [0.5, 0.6) is 5.88 Å². The summed E-state index contributed by atoms with van der Waals surface area (Å²) in [4.78, 5) is 25.9. The maximum atomic E-state index is 12.5. The summed E-state index contributed by atoms with van der Waals surface area (Å²) in [7, 11) is 0. The zero-order chi connectivity index (χ0) is 20.5. The van der Waals surface area contributed by atoms with Crippen molar-refractivity contribution >= 4 is 34.3 Å². The number of hydrogen-bond acceptors (Lipinski definition) is 8. The van der Waals surface area contributed by atoms with E-state index in [1.54, 1.807) is 6.20 Å². The summed E-state index contributed by atoms with van der Waals surface area (Å²) in [5, 5.41) is 10.2. The lowest BCUT2D eigenvalue weighted by molar-refractivity contribution is 0.0879. The number of fused-ring (bicyclic) bond motifs is 2. The number of nitrogens with one attached hydrogen (secondary N) is 3. The van der Waals surface area contributed by atoms with Crippen LogP contribution in [0.4, 0.5) is 17.5 Å². The van der Waals surface area contributed by atoms with Gasteiger partial charge in [0.25, 0.3) is 5.91 Å². The highest BCUT2D eigenvalue weighted by Gasteiger charge is 2.28. The molecular weight excluding hydrogens is 382 g/mol. The molecule has 1 aliphatic heterocycles. The highest BCUT2D eigenvalue weighted by molar-refractivity contribution is 6.02. The van der Waals surface area contributed by atoms with Crippen molar-refractivity contribution in [3.63, 3.8) is 0 Å². The topological polar surface area (TPSA) is 127 Å². The van der Waals surface area contributed by atoms with Crippen molar-refractivity contribution in [2.75, 3.05) is 17.4 Å². The third-order valence-electron chi connectivity index (χ3n) is 5.54. The lowest BCUT2D eigenvalue weighted by Crippen LogP contribution is -2.43. The molecule has 1 aliphatic carbocycles. The normalized spacial score (nSPS) is 20.8. The standard InChI is InChI=1S/C21H23N7O2/c22-14-5-1-2-6-16(14)26-21-27-18(17-19(29)24-11-30-20(17)28-21)25-13-7-8-15-12(10-13)4-3-9-23-15/h3-4,7-10,14,16H,1-2,5-6,11,22H2,(H,24,29)(H2,25,26,27,28). The van der Waals surface area contributed by atoms with Crippen molar-refractivity contribution in [2.24, 2.45) is 5.73 Å². The van der Waals surface area contributed by atoms with Gasteiger partial charge in [-0.1, -0.05) is 18.9 Å². The van der Waals surface area contributed by atoms with Crippen LogP contribution < -0.4 is 26.4 Å². The quantitative estimate of drug-likeness (QED) is 0.521. The summed E-state index contributed by atoms with van der Waals surface area (Å²) >= 11 is 0. The molecule has 9 nitrogen and oxygen atoms in total. The third-order valence-corrected chi connectivity index (χ3v) is 5.54. The number of aromatic nitrogens is 3. The highest BCUT2D eigenvalue weighted by atomic mass is 16.5. The van der Waals surface area contributed by atoms with Crippen LogP contribution in [0.2, 0.25) is 0 Å². The number of amides is 1. The van der Waals surface area contributed by atoms with Gasteiger partial charge in [-0.05, 0) is 37.1 Å². The predicted molar refractivity (Wildman–Crippen MR) is 114 cm³/mol. The number of carbonyl (C=O) groups excluding carboxylic acids is 1. The van der Waals surface area contributed by atoms with Gasteiger partial charge in [0.2, 0.25) is 11.8 Å². The molecule has 5 N–H and O–H groups in total. The number of pyridine rings is 1. The molecule has 2 atom stereocenters. The molecule has 2 aromatic heterocycles. The second-order valence-electron chi connectivity index (χ2n) is 7.61. The Kier molecular flexibility index (Phi) is 4.80. The van der Waals surface area contributed by atoms with Crippen molar-refractivity contribution in [1.82, 2.24) is 20.3 Å². The van der Waals surface area contributed by atoms with Crippen LogP contribution in [-0.2, 0) is 0 Å². The van der Waals surface area contributed by atoms with Crippen LogP contribution in [-0.4, -0.2) is 39.7 Å². The predicted octanol–water partition coefficient (Wildman–Crippen LogP) is 2.53. The molecule has 5 rings (SSSR count). The van der Waals surface area contributed by atoms with Crippen molar-refractivity contribution < 1.29 is 9.53 Å². The molecule has 1 saturated carbocycles. The van der Waals surface area contributed by atoms with E-state index in [9.17, 15) is 4.79 Å². The smallest absolute Gasteiger partial charge is 0.263 e. The Bertz CT molecular complexity index is 1100. The van der Waals surface area contributed by atoms with Gasteiger partial charge in [0, 0.05) is 29.4 Å². The molecule has 0 saturated heterocycles. The van der Waals surface area contributed by atoms with E-state index in [-0.39, 0.29) is 36.2 Å². The number of nitrogens with two attached hydrogens (primary N) is 1. The number of benzene rings is 1. The molecule has 3 heterocycles. The number of nitrogens with zero attached hydrogens (tertiary/aromatic N) is 3. The van der Waals surface area contributed by atoms with Crippen LogP contribution in [0, 0.1) is 0 Å². The molecule has 2 unspecified atom stereocenters. The molecule has 1 amide bonds. The van der Waals surface area contributed by atoms with Crippen LogP contribution >= 0.6 is 0 Å². The molecule has 0 bridgehead atoms. The Morgan fingerprint density at radius 2 is 2.07 bits per heavy atom. The first kappa shape index (κ1) is 18.6. The highest BCUT2D eigenvalue weighted by Crippen LogP contribution is 2.31. The Hall–Kier alpha value is -3.46. The molecule has 0 spiro atoms. The van der Waals surface area contributed by atoms with Crippen molar-refractivity contribution in [1.29, 1.82) is 0 Å². The van der Waals surface area contributed by atoms with Crippen LogP contribution in [0.15, 0.2) is 36.5 Å². The Balaban J connectivity index is 1.50. The number of anilines is 3. The van der Waals surface area contributed by atoms with Gasteiger partial charge < -0.3 is 26.4 Å². The summed E-state index contributed by atoms with van der Waals surface area (Å²) < 4.78 is 5.59. The average Bonchev–Trinajstić information content (AvgIpc) is 2.75. The van der Waals surface area contributed by atoms with E-state index in [0.29, 0.717) is 11.8 Å². The first-order chi connectivity index (χ1) is 14.7. The van der Waals surface area contributed by atoms with Crippen molar-refractivity contribution in [2.45, 2.75) is 37.8 Å². The molecule has 0 radical (unpaired) electrons. The minimum Gasteiger partial charge on any atom is -0.456 e. The van der Waals surface area contributed by atoms with Gasteiger partial charge >= 0.3 is 0 Å². The van der Waals surface area contributed by atoms with E-state index in [4.69, 9.17) is 10.5 Å². The van der Waals surface area contributed by atoms with E-state index in [0.717, 1.165) is 42.3 Å². The lowest BCUT2D eigenvalue weighted by Gasteiger charge is -2.30. The molecule has 9 heteroatoms. The molecule has 154 valence electrons. The van der Waals surface area contributed by atoms with E-state index in [1.165, 1.54) is 0 Å². The molecular formula is C21H23N7O2. The fourth-order valence-corrected chi connectivity index (χ4v) is 3.96. The van der Waals surface area contributed by atoms with Gasteiger partial charge in [0.05, 0.1) is 5.52 Å². The van der Waals surface area contributed by atoms with Gasteiger partial charge in [0.1, 0.15) is 5.56 Å². The van der Waals surface area contributed by atoms with Crippen molar-refractivity contribution in [3.8, 4) is 5.88 Å². The second-order valence-corrected chi connectivity index (χ2v) is 7.61. The van der Waals surface area contributed by atoms with E-state index < -0.39 is 0 Å². The summed E-state index contributed by atoms with van der Waals surface area (Å²) in [6.07, 6.45) is 5.94. The molecule has 1 aromatic carbocycles. The zero-order valence-corrected chi connectivity index (χ0v) is 16.4. The third kappa shape index (κ3) is 3.59. The van der Waals surface area contributed by atoms with Gasteiger partial charge in [0.15, 0.2) is 12.5 Å². The largest absolute Gasteiger partial charge is 0.456 e. The molecule has 30 heavy (non-hydrogen) atoms. The first-order valence-corrected chi connectivity index (χ1v) is 10.1. The Morgan fingerprint density at radius 1 is 1.17 bits per heavy atom. The van der Waals surface area contributed by atoms with Gasteiger partial charge in [-0.2, -0.15) is 9.97 Å². The monoisotopic (exact) mass is 405 g/mol. The average molecular weight is 405 g/mol. The molecule has 2 aliphatic rings. The molecule has 3 aromatic rings. The lowest BCUT2D eigenvalue weighted by atomic mass is 9.91. The van der Waals surface area contributed by atoms with Gasteiger partial charge in [-0.15, -0.1) is 0 Å². The van der Waals surface area contributed by atoms with E-state index >= 15 is 0 Å². The van der Waals surface area contributed by atoms with Crippen LogP contribution in [0.1, 0.15) is 36.0 Å². The van der Waals surface area contributed by atoms with Crippen molar-refractivity contribution in [3.05, 3.63) is 42.1 Å². The van der Waals surface area contributed by atoms with Gasteiger partial charge in [-0.25, -0.2) is 0 Å². The van der Waals surface area contributed by atoms with Crippen LogP contribution in [0.25, 0.3) is 10.9 Å². The Labute approximate surface area is 173 Å². The minimum absolute atomic E-state index is 0.0481. The summed E-state index contributed by atoms with van der Waals surface area (Å²) in [6.45, 7) is 0.0757. The maximum Gasteiger partial charge on any atom is 0.263 e. The second kappa shape index (κ2) is 7.75. The van der Waals surface area contributed by atoms with E-state index in [2.05, 4.69) is 30.9 Å². The number of hydrogen-bond donors (Lipinski definition) is 4. The number of rotatable bonds is 4. The summed E-state index contributed by atoms with van der Waals surface area (Å²) in [5.74, 6) is 0.760. The summed E-state index contributed by atoms with van der Waals surface area (Å²) in [6, 6.07) is 9.78. The fourth-order valence-electron chi connectivity index (χ4n) is 3.96. The number of carbonyl (C=O) groups is 1. The zero-order valence-electron chi connectivity index (χ0n) is 16.4. The maximum absolute atomic E-state index is 12.5. The Morgan fingerprint density at radius 3 is 2.97 bits per heavy atom. The van der Waals surface area contributed by atoms with Crippen LogP contribution in [0.3, 0.4) is 0 Å².